The monoisotopic (exact) mass is 323 g/mol. The van der Waals surface area contributed by atoms with E-state index in [1.165, 1.54) is 36.2 Å². The molecule has 21 heavy (non-hydrogen) atoms. The number of anilines is 1. The second kappa shape index (κ2) is 6.55. The van der Waals surface area contributed by atoms with Crippen LogP contribution in [0, 0.1) is 10.1 Å². The first-order valence-corrected chi connectivity index (χ1v) is 7.37. The lowest BCUT2D eigenvalue weighted by Gasteiger charge is -2.06. The van der Waals surface area contributed by atoms with E-state index in [0.717, 1.165) is 4.90 Å². The molecule has 0 fully saturated rings. The van der Waals surface area contributed by atoms with Crippen LogP contribution in [0.15, 0.2) is 41.4 Å². The number of hydrogen-bond acceptors (Lipinski definition) is 5. The van der Waals surface area contributed by atoms with Gasteiger partial charge in [-0.1, -0.05) is 11.6 Å². The first kappa shape index (κ1) is 15.3. The highest BCUT2D eigenvalue weighted by atomic mass is 35.5. The van der Waals surface area contributed by atoms with Crippen molar-refractivity contribution in [1.82, 2.24) is 4.98 Å². The maximum Gasteiger partial charge on any atom is 0.282 e. The smallest absolute Gasteiger partial charge is 0.282 e. The van der Waals surface area contributed by atoms with Gasteiger partial charge in [-0.3, -0.25) is 14.9 Å². The molecule has 0 unspecified atom stereocenters. The summed E-state index contributed by atoms with van der Waals surface area (Å²) in [5, 5.41) is 14.0. The number of halogens is 1. The minimum absolute atomic E-state index is 0.0106. The number of aromatic nitrogens is 1. The summed E-state index contributed by atoms with van der Waals surface area (Å²) in [4.78, 5) is 27.3. The third-order valence-corrected chi connectivity index (χ3v) is 3.56. The lowest BCUT2D eigenvalue weighted by atomic mass is 10.1. The number of carbonyl (C=O) groups is 1. The molecule has 1 amide bonds. The van der Waals surface area contributed by atoms with E-state index in [4.69, 9.17) is 11.6 Å². The zero-order valence-electron chi connectivity index (χ0n) is 10.9. The Kier molecular flexibility index (Phi) is 4.77. The number of rotatable bonds is 4. The molecule has 8 heteroatoms. The molecule has 0 radical (unpaired) electrons. The fraction of sp³-hybridized carbons (Fsp3) is 0.0769. The van der Waals surface area contributed by atoms with Gasteiger partial charge in [0.15, 0.2) is 0 Å². The molecular formula is C13H10ClN3O3S. The number of nitrogens with zero attached hydrogens (tertiary/aromatic N) is 2. The third-order valence-electron chi connectivity index (χ3n) is 2.61. The molecule has 0 aliphatic rings. The van der Waals surface area contributed by atoms with E-state index in [1.807, 2.05) is 6.26 Å². The van der Waals surface area contributed by atoms with Gasteiger partial charge in [0.05, 0.1) is 9.95 Å². The van der Waals surface area contributed by atoms with E-state index in [-0.39, 0.29) is 17.1 Å². The molecule has 0 spiro atoms. The molecule has 0 saturated carbocycles. The van der Waals surface area contributed by atoms with Crippen LogP contribution < -0.4 is 5.32 Å². The number of pyridine rings is 1. The second-order valence-electron chi connectivity index (χ2n) is 3.96. The number of hydrogen-bond donors (Lipinski definition) is 1. The molecule has 2 rings (SSSR count). The standard InChI is InChI=1S/C13H10ClN3O3S/c1-21-9-3-4-11(17(19)20)10(6-9)13(18)16-12-5-2-8(14)7-15-12/h2-7H,1H3,(H,15,16,18). The van der Waals surface area contributed by atoms with Gasteiger partial charge < -0.3 is 5.32 Å². The molecule has 2 aromatic rings. The molecule has 0 saturated heterocycles. The summed E-state index contributed by atoms with van der Waals surface area (Å²) in [6, 6.07) is 7.48. The molecule has 0 aliphatic carbocycles. The summed E-state index contributed by atoms with van der Waals surface area (Å²) in [6.07, 6.45) is 3.20. The number of thioether (sulfide) groups is 1. The lowest BCUT2D eigenvalue weighted by molar-refractivity contribution is -0.385. The quantitative estimate of drug-likeness (QED) is 0.527. The number of benzene rings is 1. The van der Waals surface area contributed by atoms with Crippen molar-refractivity contribution < 1.29 is 9.72 Å². The van der Waals surface area contributed by atoms with Crippen LogP contribution >= 0.6 is 23.4 Å². The average Bonchev–Trinajstić information content (AvgIpc) is 2.48. The number of nitro groups is 1. The normalized spacial score (nSPS) is 10.2. The molecule has 1 aromatic heterocycles. The van der Waals surface area contributed by atoms with Crippen LogP contribution in [0.4, 0.5) is 11.5 Å². The first-order chi connectivity index (χ1) is 10.0. The van der Waals surface area contributed by atoms with Gasteiger partial charge in [0.25, 0.3) is 11.6 Å². The van der Waals surface area contributed by atoms with Gasteiger partial charge in [-0.15, -0.1) is 11.8 Å². The molecule has 6 nitrogen and oxygen atoms in total. The van der Waals surface area contributed by atoms with E-state index in [0.29, 0.717) is 5.02 Å². The van der Waals surface area contributed by atoms with Crippen molar-refractivity contribution in [3.8, 4) is 0 Å². The van der Waals surface area contributed by atoms with Crippen LogP contribution in [-0.4, -0.2) is 22.1 Å². The third kappa shape index (κ3) is 3.71. The minimum Gasteiger partial charge on any atom is -0.306 e. The van der Waals surface area contributed by atoms with E-state index in [2.05, 4.69) is 10.3 Å². The van der Waals surface area contributed by atoms with E-state index in [9.17, 15) is 14.9 Å². The van der Waals surface area contributed by atoms with E-state index < -0.39 is 10.8 Å². The molecule has 0 aliphatic heterocycles. The van der Waals surface area contributed by atoms with Crippen molar-refractivity contribution in [3.05, 3.63) is 57.2 Å². The average molecular weight is 324 g/mol. The topological polar surface area (TPSA) is 85.1 Å². The molecule has 1 N–H and O–H groups in total. The summed E-state index contributed by atoms with van der Waals surface area (Å²) < 4.78 is 0. The zero-order valence-corrected chi connectivity index (χ0v) is 12.4. The van der Waals surface area contributed by atoms with Crippen molar-refractivity contribution in [2.75, 3.05) is 11.6 Å². The van der Waals surface area contributed by atoms with Crippen LogP contribution in [-0.2, 0) is 0 Å². The van der Waals surface area contributed by atoms with Crippen molar-refractivity contribution in [3.63, 3.8) is 0 Å². The Balaban J connectivity index is 2.33. The zero-order chi connectivity index (χ0) is 15.4. The summed E-state index contributed by atoms with van der Waals surface area (Å²) in [6.45, 7) is 0. The summed E-state index contributed by atoms with van der Waals surface area (Å²) in [5.41, 5.74) is -0.261. The predicted molar refractivity (Wildman–Crippen MR) is 82.1 cm³/mol. The van der Waals surface area contributed by atoms with Gasteiger partial charge in [-0.2, -0.15) is 0 Å². The van der Waals surface area contributed by atoms with Crippen LogP contribution in [0.3, 0.4) is 0 Å². The number of nitrogens with one attached hydrogen (secondary N) is 1. The maximum atomic E-state index is 12.2. The highest BCUT2D eigenvalue weighted by Crippen LogP contribution is 2.25. The van der Waals surface area contributed by atoms with Gasteiger partial charge in [0.2, 0.25) is 0 Å². The van der Waals surface area contributed by atoms with Gasteiger partial charge >= 0.3 is 0 Å². The van der Waals surface area contributed by atoms with Crippen molar-refractivity contribution in [2.45, 2.75) is 4.90 Å². The van der Waals surface area contributed by atoms with Crippen molar-refractivity contribution >= 4 is 40.8 Å². The Morgan fingerprint density at radius 2 is 2.14 bits per heavy atom. The molecule has 0 atom stereocenters. The Bertz CT molecular complexity index is 692. The van der Waals surface area contributed by atoms with E-state index in [1.54, 1.807) is 12.1 Å². The number of carbonyl (C=O) groups excluding carboxylic acids is 1. The van der Waals surface area contributed by atoms with Gasteiger partial charge in [-0.05, 0) is 30.5 Å². The Labute approximate surface area is 129 Å². The number of nitro benzene ring substituents is 1. The van der Waals surface area contributed by atoms with Gasteiger partial charge in [0.1, 0.15) is 11.4 Å². The van der Waals surface area contributed by atoms with E-state index >= 15 is 0 Å². The SMILES string of the molecule is CSc1ccc([N+](=O)[O-])c(C(=O)Nc2ccc(Cl)cn2)c1. The van der Waals surface area contributed by atoms with Crippen LogP contribution in [0.1, 0.15) is 10.4 Å². The molecule has 108 valence electrons. The highest BCUT2D eigenvalue weighted by molar-refractivity contribution is 7.98. The van der Waals surface area contributed by atoms with Crippen LogP contribution in [0.5, 0.6) is 0 Å². The fourth-order valence-corrected chi connectivity index (χ4v) is 2.17. The summed E-state index contributed by atoms with van der Waals surface area (Å²) in [7, 11) is 0. The second-order valence-corrected chi connectivity index (χ2v) is 5.27. The Hall–Kier alpha value is -2.12. The largest absolute Gasteiger partial charge is 0.306 e. The lowest BCUT2D eigenvalue weighted by Crippen LogP contribution is -2.14. The van der Waals surface area contributed by atoms with Crippen LogP contribution in [0.2, 0.25) is 5.02 Å². The Morgan fingerprint density at radius 1 is 1.38 bits per heavy atom. The van der Waals surface area contributed by atoms with Gasteiger partial charge in [0, 0.05) is 17.2 Å². The predicted octanol–water partition coefficient (Wildman–Crippen LogP) is 3.62. The van der Waals surface area contributed by atoms with Gasteiger partial charge in [-0.25, -0.2) is 4.98 Å². The van der Waals surface area contributed by atoms with Crippen molar-refractivity contribution in [1.29, 1.82) is 0 Å². The van der Waals surface area contributed by atoms with Crippen molar-refractivity contribution in [2.24, 2.45) is 0 Å². The molecule has 0 bridgehead atoms. The molecule has 1 heterocycles. The summed E-state index contributed by atoms with van der Waals surface area (Å²) >= 11 is 7.10. The number of amides is 1. The van der Waals surface area contributed by atoms with Crippen LogP contribution in [0.25, 0.3) is 0 Å². The summed E-state index contributed by atoms with van der Waals surface area (Å²) in [5.74, 6) is -0.319. The highest BCUT2D eigenvalue weighted by Gasteiger charge is 2.21. The Morgan fingerprint density at radius 3 is 2.71 bits per heavy atom. The fourth-order valence-electron chi connectivity index (χ4n) is 1.62. The molecule has 1 aromatic carbocycles. The first-order valence-electron chi connectivity index (χ1n) is 5.76. The maximum absolute atomic E-state index is 12.2. The minimum atomic E-state index is -0.590. The molecular weight excluding hydrogens is 314 g/mol.